The lowest BCUT2D eigenvalue weighted by molar-refractivity contribution is -0.136. The Morgan fingerprint density at radius 1 is 1.75 bits per heavy atom. The molecule has 0 aliphatic heterocycles. The Hall–Kier alpha value is -1.19. The van der Waals surface area contributed by atoms with Gasteiger partial charge in [0, 0.05) is 6.20 Å². The monoisotopic (exact) mass is 116 g/mol. The summed E-state index contributed by atoms with van der Waals surface area (Å²) in [6, 6.07) is 0. The van der Waals surface area contributed by atoms with E-state index in [1.807, 2.05) is 0 Å². The quantitative estimate of drug-likeness (QED) is 0.337. The third kappa shape index (κ3) is 1.51. The van der Waals surface area contributed by atoms with Crippen molar-refractivity contribution in [3.63, 3.8) is 0 Å². The molecule has 0 aromatic rings. The van der Waals surface area contributed by atoms with Gasteiger partial charge in [-0.15, -0.1) is 0 Å². The highest BCUT2D eigenvalue weighted by molar-refractivity contribution is 5.86. The standard InChI is InChI=1S/C4H8N2O2/c1-8-4(7)3(6)2-5/h2H,5-6H2,1H3/b3-2-. The van der Waals surface area contributed by atoms with Crippen molar-refractivity contribution in [1.82, 2.24) is 0 Å². The van der Waals surface area contributed by atoms with Crippen LogP contribution in [0.1, 0.15) is 0 Å². The lowest BCUT2D eigenvalue weighted by Crippen LogP contribution is -2.14. The van der Waals surface area contributed by atoms with E-state index in [0.29, 0.717) is 0 Å². The highest BCUT2D eigenvalue weighted by Gasteiger charge is 1.99. The van der Waals surface area contributed by atoms with Crippen LogP contribution in [0.3, 0.4) is 0 Å². The van der Waals surface area contributed by atoms with Crippen molar-refractivity contribution in [2.75, 3.05) is 7.11 Å². The van der Waals surface area contributed by atoms with E-state index in [1.165, 1.54) is 7.11 Å². The maximum atomic E-state index is 10.2. The van der Waals surface area contributed by atoms with Gasteiger partial charge < -0.3 is 16.2 Å². The van der Waals surface area contributed by atoms with Crippen LogP contribution >= 0.6 is 0 Å². The van der Waals surface area contributed by atoms with Gasteiger partial charge in [0.25, 0.3) is 0 Å². The molecule has 0 unspecified atom stereocenters. The molecule has 0 radical (unpaired) electrons. The van der Waals surface area contributed by atoms with Crippen LogP contribution in [0, 0.1) is 0 Å². The first-order chi connectivity index (χ1) is 3.72. The van der Waals surface area contributed by atoms with Gasteiger partial charge >= 0.3 is 5.97 Å². The minimum atomic E-state index is -0.604. The van der Waals surface area contributed by atoms with Crippen molar-refractivity contribution in [3.05, 3.63) is 11.9 Å². The maximum Gasteiger partial charge on any atom is 0.355 e. The lowest BCUT2D eigenvalue weighted by Gasteiger charge is -1.93. The summed E-state index contributed by atoms with van der Waals surface area (Å²) < 4.78 is 4.19. The Bertz CT molecular complexity index is 119. The van der Waals surface area contributed by atoms with Gasteiger partial charge in [-0.1, -0.05) is 0 Å². The number of carbonyl (C=O) groups is 1. The van der Waals surface area contributed by atoms with Gasteiger partial charge in [0.2, 0.25) is 0 Å². The molecule has 4 N–H and O–H groups in total. The predicted molar refractivity (Wildman–Crippen MR) is 28.5 cm³/mol. The average molecular weight is 116 g/mol. The molecule has 0 aromatic heterocycles. The molecule has 4 heteroatoms. The zero-order valence-corrected chi connectivity index (χ0v) is 4.55. The molecule has 46 valence electrons. The molecule has 0 heterocycles. The normalized spacial score (nSPS) is 10.9. The molecule has 0 atom stereocenters. The summed E-state index contributed by atoms with van der Waals surface area (Å²) in [5.41, 5.74) is 9.77. The Labute approximate surface area is 47.1 Å². The van der Waals surface area contributed by atoms with Crippen LogP contribution in [0.25, 0.3) is 0 Å². The fourth-order valence-corrected chi connectivity index (χ4v) is 0.186. The summed E-state index contributed by atoms with van der Waals surface area (Å²) in [5.74, 6) is -0.604. The smallest absolute Gasteiger partial charge is 0.355 e. The van der Waals surface area contributed by atoms with E-state index < -0.39 is 5.97 Å². The third-order valence-electron chi connectivity index (χ3n) is 0.601. The average Bonchev–Trinajstić information content (AvgIpc) is 1.84. The van der Waals surface area contributed by atoms with E-state index in [4.69, 9.17) is 11.5 Å². The van der Waals surface area contributed by atoms with E-state index in [2.05, 4.69) is 4.74 Å². The summed E-state index contributed by atoms with van der Waals surface area (Å²) >= 11 is 0. The molecule has 8 heavy (non-hydrogen) atoms. The molecule has 0 aliphatic carbocycles. The molecule has 0 aliphatic rings. The van der Waals surface area contributed by atoms with E-state index in [1.54, 1.807) is 0 Å². The Morgan fingerprint density at radius 2 is 2.25 bits per heavy atom. The number of hydrogen-bond donors (Lipinski definition) is 2. The first kappa shape index (κ1) is 6.81. The number of esters is 1. The molecule has 0 amide bonds. The summed E-state index contributed by atoms with van der Waals surface area (Å²) in [6.07, 6.45) is 0.992. The first-order valence-corrected chi connectivity index (χ1v) is 1.98. The van der Waals surface area contributed by atoms with Gasteiger partial charge in [0.15, 0.2) is 0 Å². The molecular formula is C4H8N2O2. The number of ether oxygens (including phenoxy) is 1. The SMILES string of the molecule is COC(=O)/C(N)=C/N. The first-order valence-electron chi connectivity index (χ1n) is 1.98. The van der Waals surface area contributed by atoms with Crippen LogP contribution in [-0.2, 0) is 9.53 Å². The molecule has 0 aromatic carbocycles. The predicted octanol–water partition coefficient (Wildman–Crippen LogP) is -1.08. The van der Waals surface area contributed by atoms with Crippen LogP contribution in [0.4, 0.5) is 0 Å². The number of hydrogen-bond acceptors (Lipinski definition) is 4. The largest absolute Gasteiger partial charge is 0.464 e. The summed E-state index contributed by atoms with van der Waals surface area (Å²) in [7, 11) is 1.23. The number of carbonyl (C=O) groups excluding carboxylic acids is 1. The Morgan fingerprint density at radius 3 is 2.38 bits per heavy atom. The van der Waals surface area contributed by atoms with Gasteiger partial charge in [-0.25, -0.2) is 4.79 Å². The Balaban J connectivity index is 3.83. The summed E-state index contributed by atoms with van der Waals surface area (Å²) in [5, 5.41) is 0. The van der Waals surface area contributed by atoms with E-state index in [9.17, 15) is 4.79 Å². The summed E-state index contributed by atoms with van der Waals surface area (Å²) in [4.78, 5) is 10.2. The number of rotatable bonds is 1. The molecular weight excluding hydrogens is 108 g/mol. The van der Waals surface area contributed by atoms with Gasteiger partial charge in [0.1, 0.15) is 5.70 Å². The lowest BCUT2D eigenvalue weighted by atomic mass is 10.5. The molecule has 0 saturated heterocycles. The van der Waals surface area contributed by atoms with E-state index >= 15 is 0 Å². The third-order valence-corrected chi connectivity index (χ3v) is 0.601. The fraction of sp³-hybridized carbons (Fsp3) is 0.250. The summed E-state index contributed by atoms with van der Waals surface area (Å²) in [6.45, 7) is 0. The van der Waals surface area contributed by atoms with Gasteiger partial charge in [-0.2, -0.15) is 0 Å². The fourth-order valence-electron chi connectivity index (χ4n) is 0.186. The molecule has 0 bridgehead atoms. The highest BCUT2D eigenvalue weighted by Crippen LogP contribution is 1.81. The van der Waals surface area contributed by atoms with E-state index in [-0.39, 0.29) is 5.70 Å². The van der Waals surface area contributed by atoms with Crippen molar-refractivity contribution in [2.24, 2.45) is 11.5 Å². The molecule has 0 rings (SSSR count). The van der Waals surface area contributed by atoms with Crippen molar-refractivity contribution < 1.29 is 9.53 Å². The van der Waals surface area contributed by atoms with Gasteiger partial charge in [-0.3, -0.25) is 0 Å². The molecule has 0 saturated carbocycles. The van der Waals surface area contributed by atoms with Crippen LogP contribution in [0.2, 0.25) is 0 Å². The molecule has 0 fully saturated rings. The minimum Gasteiger partial charge on any atom is -0.464 e. The van der Waals surface area contributed by atoms with Crippen molar-refractivity contribution >= 4 is 5.97 Å². The van der Waals surface area contributed by atoms with Crippen LogP contribution in [0.5, 0.6) is 0 Å². The zero-order chi connectivity index (χ0) is 6.57. The number of methoxy groups -OCH3 is 1. The van der Waals surface area contributed by atoms with Crippen molar-refractivity contribution in [3.8, 4) is 0 Å². The van der Waals surface area contributed by atoms with Crippen LogP contribution < -0.4 is 11.5 Å². The number of nitrogens with two attached hydrogens (primary N) is 2. The van der Waals surface area contributed by atoms with Gasteiger partial charge in [-0.05, 0) is 0 Å². The molecule has 4 nitrogen and oxygen atoms in total. The maximum absolute atomic E-state index is 10.2. The second kappa shape index (κ2) is 2.90. The van der Waals surface area contributed by atoms with Gasteiger partial charge in [0.05, 0.1) is 7.11 Å². The second-order valence-corrected chi connectivity index (χ2v) is 1.11. The highest BCUT2D eigenvalue weighted by atomic mass is 16.5. The Kier molecular flexibility index (Phi) is 2.47. The minimum absolute atomic E-state index is 0.0764. The van der Waals surface area contributed by atoms with Crippen molar-refractivity contribution in [1.29, 1.82) is 0 Å². The van der Waals surface area contributed by atoms with Crippen LogP contribution in [-0.4, -0.2) is 13.1 Å². The van der Waals surface area contributed by atoms with Crippen molar-refractivity contribution in [2.45, 2.75) is 0 Å². The molecule has 0 spiro atoms. The zero-order valence-electron chi connectivity index (χ0n) is 4.55. The van der Waals surface area contributed by atoms with E-state index in [0.717, 1.165) is 6.20 Å². The second-order valence-electron chi connectivity index (χ2n) is 1.11. The van der Waals surface area contributed by atoms with Crippen LogP contribution in [0.15, 0.2) is 11.9 Å². The topological polar surface area (TPSA) is 78.3 Å².